The SMILES string of the molecule is O=C(COc1ccccc1)N1CCCCc2cc(C(O)(F)C(F)(F)F)ccc21. The molecule has 1 aliphatic heterocycles. The van der Waals surface area contributed by atoms with Gasteiger partial charge in [-0.1, -0.05) is 24.3 Å². The Labute approximate surface area is 159 Å². The van der Waals surface area contributed by atoms with Gasteiger partial charge in [-0.15, -0.1) is 0 Å². The second kappa shape index (κ2) is 7.79. The molecule has 28 heavy (non-hydrogen) atoms. The minimum atomic E-state index is -5.45. The summed E-state index contributed by atoms with van der Waals surface area (Å²) in [6.45, 7) is 0.142. The van der Waals surface area contributed by atoms with Crippen LogP contribution in [0.1, 0.15) is 24.0 Å². The van der Waals surface area contributed by atoms with Crippen molar-refractivity contribution in [1.29, 1.82) is 0 Å². The third-order valence-electron chi connectivity index (χ3n) is 4.61. The molecule has 0 fully saturated rings. The predicted octanol–water partition coefficient (Wildman–Crippen LogP) is 4.11. The molecule has 0 radical (unpaired) electrons. The van der Waals surface area contributed by atoms with Crippen LogP contribution >= 0.6 is 0 Å². The van der Waals surface area contributed by atoms with Crippen molar-refractivity contribution in [1.82, 2.24) is 0 Å². The third-order valence-corrected chi connectivity index (χ3v) is 4.61. The number of alkyl halides is 4. The number of carbonyl (C=O) groups excluding carboxylic acids is 1. The van der Waals surface area contributed by atoms with Gasteiger partial charge in [-0.2, -0.15) is 17.6 Å². The quantitative estimate of drug-likeness (QED) is 0.790. The fourth-order valence-corrected chi connectivity index (χ4v) is 3.12. The van der Waals surface area contributed by atoms with Crippen LogP contribution in [0.25, 0.3) is 0 Å². The molecule has 0 bridgehead atoms. The van der Waals surface area contributed by atoms with E-state index in [4.69, 9.17) is 4.74 Å². The van der Waals surface area contributed by atoms with E-state index in [0.717, 1.165) is 12.1 Å². The van der Waals surface area contributed by atoms with E-state index in [9.17, 15) is 27.5 Å². The molecule has 150 valence electrons. The van der Waals surface area contributed by atoms with Crippen molar-refractivity contribution in [2.45, 2.75) is 31.3 Å². The zero-order valence-electron chi connectivity index (χ0n) is 14.9. The van der Waals surface area contributed by atoms with Gasteiger partial charge in [-0.25, -0.2) is 0 Å². The number of benzene rings is 2. The van der Waals surface area contributed by atoms with Gasteiger partial charge in [0.05, 0.1) is 0 Å². The Morgan fingerprint density at radius 1 is 1.07 bits per heavy atom. The van der Waals surface area contributed by atoms with Crippen LogP contribution in [0.2, 0.25) is 0 Å². The van der Waals surface area contributed by atoms with Gasteiger partial charge in [0.1, 0.15) is 5.75 Å². The van der Waals surface area contributed by atoms with Crippen molar-refractivity contribution in [3.8, 4) is 5.75 Å². The summed E-state index contributed by atoms with van der Waals surface area (Å²) < 4.78 is 57.7. The molecule has 0 aromatic heterocycles. The van der Waals surface area contributed by atoms with Crippen LogP contribution in [-0.2, 0) is 17.1 Å². The summed E-state index contributed by atoms with van der Waals surface area (Å²) in [5.41, 5.74) is -0.113. The predicted molar refractivity (Wildman–Crippen MR) is 94.7 cm³/mol. The lowest BCUT2D eigenvalue weighted by Gasteiger charge is -2.26. The van der Waals surface area contributed by atoms with Crippen LogP contribution in [-0.4, -0.2) is 30.3 Å². The van der Waals surface area contributed by atoms with Crippen molar-refractivity contribution in [3.63, 3.8) is 0 Å². The van der Waals surface area contributed by atoms with E-state index >= 15 is 0 Å². The fraction of sp³-hybridized carbons (Fsp3) is 0.350. The number of rotatable bonds is 4. The highest BCUT2D eigenvalue weighted by atomic mass is 19.4. The summed E-state index contributed by atoms with van der Waals surface area (Å²) in [5, 5.41) is 9.29. The van der Waals surface area contributed by atoms with Crippen molar-refractivity contribution < 1.29 is 32.2 Å². The number of ether oxygens (including phenoxy) is 1. The molecule has 1 amide bonds. The van der Waals surface area contributed by atoms with Gasteiger partial charge in [0.25, 0.3) is 5.91 Å². The zero-order valence-corrected chi connectivity index (χ0v) is 14.9. The standard InChI is InChI=1S/C20H19F4NO3/c21-19(27,20(22,23)24)15-9-10-17-14(12-15)6-4-5-11-25(17)18(26)13-28-16-7-2-1-3-8-16/h1-3,7-10,12,27H,4-6,11,13H2. The Morgan fingerprint density at radius 3 is 2.46 bits per heavy atom. The number of para-hydroxylation sites is 1. The average molecular weight is 397 g/mol. The molecular formula is C20H19F4NO3. The molecular weight excluding hydrogens is 378 g/mol. The van der Waals surface area contributed by atoms with Crippen LogP contribution < -0.4 is 9.64 Å². The third kappa shape index (κ3) is 4.11. The first kappa shape index (κ1) is 20.1. The molecule has 2 aromatic carbocycles. The highest BCUT2D eigenvalue weighted by Crippen LogP contribution is 2.42. The van der Waals surface area contributed by atoms with E-state index in [1.165, 1.54) is 11.0 Å². The molecule has 3 rings (SSSR count). The number of hydrogen-bond acceptors (Lipinski definition) is 3. The molecule has 0 aliphatic carbocycles. The summed E-state index contributed by atoms with van der Waals surface area (Å²) in [5.74, 6) is -4.28. The molecule has 8 heteroatoms. The van der Waals surface area contributed by atoms with E-state index in [1.807, 2.05) is 6.07 Å². The van der Waals surface area contributed by atoms with Gasteiger partial charge in [-0.3, -0.25) is 4.79 Å². The maximum absolute atomic E-state index is 13.9. The first-order valence-electron chi connectivity index (χ1n) is 8.80. The number of halogens is 4. The number of nitrogens with zero attached hydrogens (tertiary/aromatic N) is 1. The zero-order chi connectivity index (χ0) is 20.4. The lowest BCUT2D eigenvalue weighted by Crippen LogP contribution is -2.38. The number of aliphatic hydroxyl groups is 1. The molecule has 0 saturated heterocycles. The molecule has 1 N–H and O–H groups in total. The Morgan fingerprint density at radius 2 is 1.79 bits per heavy atom. The minimum Gasteiger partial charge on any atom is -0.484 e. The van der Waals surface area contributed by atoms with Gasteiger partial charge >= 0.3 is 12.0 Å². The normalized spacial score (nSPS) is 16.7. The Balaban J connectivity index is 1.83. The van der Waals surface area contributed by atoms with E-state index < -0.39 is 17.6 Å². The Bertz CT molecular complexity index is 837. The number of hydrogen-bond donors (Lipinski definition) is 1. The fourth-order valence-electron chi connectivity index (χ4n) is 3.12. The summed E-state index contributed by atoms with van der Waals surface area (Å²) >= 11 is 0. The summed E-state index contributed by atoms with van der Waals surface area (Å²) in [6, 6.07) is 11.8. The van der Waals surface area contributed by atoms with Gasteiger partial charge < -0.3 is 14.7 Å². The van der Waals surface area contributed by atoms with Crippen LogP contribution in [0.5, 0.6) is 5.75 Å². The summed E-state index contributed by atoms with van der Waals surface area (Å²) in [4.78, 5) is 14.1. The van der Waals surface area contributed by atoms with E-state index in [-0.39, 0.29) is 12.5 Å². The van der Waals surface area contributed by atoms with Crippen molar-refractivity contribution in [2.75, 3.05) is 18.1 Å². The van der Waals surface area contributed by atoms with E-state index in [2.05, 4.69) is 0 Å². The Hall–Kier alpha value is -2.61. The largest absolute Gasteiger partial charge is 0.484 e. The smallest absolute Gasteiger partial charge is 0.453 e. The lowest BCUT2D eigenvalue weighted by atomic mass is 9.99. The number of amides is 1. The molecule has 1 atom stereocenters. The number of aryl methyl sites for hydroxylation is 1. The van der Waals surface area contributed by atoms with Crippen LogP contribution in [0.3, 0.4) is 0 Å². The Kier molecular flexibility index (Phi) is 5.60. The second-order valence-electron chi connectivity index (χ2n) is 6.57. The minimum absolute atomic E-state index is 0.235. The molecule has 0 saturated carbocycles. The van der Waals surface area contributed by atoms with Crippen molar-refractivity contribution >= 4 is 11.6 Å². The van der Waals surface area contributed by atoms with Gasteiger partial charge in [0, 0.05) is 17.8 Å². The summed E-state index contributed by atoms with van der Waals surface area (Å²) in [6.07, 6.45) is -3.82. The van der Waals surface area contributed by atoms with Crippen LogP contribution in [0, 0.1) is 0 Å². The van der Waals surface area contributed by atoms with Gasteiger partial charge in [-0.05, 0) is 49.1 Å². The highest BCUT2D eigenvalue weighted by molar-refractivity contribution is 5.95. The first-order valence-corrected chi connectivity index (χ1v) is 8.80. The van der Waals surface area contributed by atoms with Crippen molar-refractivity contribution in [3.05, 3.63) is 59.7 Å². The lowest BCUT2D eigenvalue weighted by molar-refractivity contribution is -0.323. The molecule has 1 heterocycles. The first-order chi connectivity index (χ1) is 13.2. The van der Waals surface area contributed by atoms with E-state index in [0.29, 0.717) is 42.8 Å². The number of carbonyl (C=O) groups is 1. The highest BCUT2D eigenvalue weighted by Gasteiger charge is 2.56. The molecule has 1 aliphatic rings. The molecule has 1 unspecified atom stereocenters. The van der Waals surface area contributed by atoms with E-state index in [1.54, 1.807) is 24.3 Å². The van der Waals surface area contributed by atoms with Gasteiger partial charge in [0.2, 0.25) is 0 Å². The molecule has 4 nitrogen and oxygen atoms in total. The summed E-state index contributed by atoms with van der Waals surface area (Å²) in [7, 11) is 0. The van der Waals surface area contributed by atoms with Crippen LogP contribution in [0.15, 0.2) is 48.5 Å². The van der Waals surface area contributed by atoms with Gasteiger partial charge in [0.15, 0.2) is 6.61 Å². The maximum Gasteiger partial charge on any atom is 0.453 e. The van der Waals surface area contributed by atoms with Crippen molar-refractivity contribution in [2.24, 2.45) is 0 Å². The second-order valence-corrected chi connectivity index (χ2v) is 6.57. The topological polar surface area (TPSA) is 49.8 Å². The molecule has 0 spiro atoms. The number of anilines is 1. The number of fused-ring (bicyclic) bond motifs is 1. The average Bonchev–Trinajstić information content (AvgIpc) is 2.88. The van der Waals surface area contributed by atoms with Crippen LogP contribution in [0.4, 0.5) is 23.2 Å². The molecule has 2 aromatic rings. The maximum atomic E-state index is 13.9. The monoisotopic (exact) mass is 397 g/mol.